The molecule has 2 heterocycles. The summed E-state index contributed by atoms with van der Waals surface area (Å²) in [4.78, 5) is 29.2. The number of carbonyl (C=O) groups is 2. The number of anilines is 1. The second-order valence-electron chi connectivity index (χ2n) is 7.47. The van der Waals surface area contributed by atoms with E-state index in [0.29, 0.717) is 11.3 Å². The summed E-state index contributed by atoms with van der Waals surface area (Å²) in [6.07, 6.45) is 0. The average molecular weight is 408 g/mol. The highest BCUT2D eigenvalue weighted by atomic mass is 32.2. The van der Waals surface area contributed by atoms with Crippen molar-refractivity contribution in [3.63, 3.8) is 0 Å². The van der Waals surface area contributed by atoms with Crippen LogP contribution in [0.25, 0.3) is 5.70 Å². The maximum atomic E-state index is 12.7. The molecule has 2 aliphatic rings. The predicted molar refractivity (Wildman–Crippen MR) is 119 cm³/mol. The summed E-state index contributed by atoms with van der Waals surface area (Å²) in [6.45, 7) is 9.02. The molecule has 2 amide bonds. The van der Waals surface area contributed by atoms with Crippen molar-refractivity contribution in [3.05, 3.63) is 71.3 Å². The molecule has 5 nitrogen and oxygen atoms in total. The number of aryl methyl sites for hydroxylation is 1. The molecule has 2 aromatic rings. The first kappa shape index (κ1) is 19.7. The highest BCUT2D eigenvalue weighted by Crippen LogP contribution is 2.31. The van der Waals surface area contributed by atoms with Crippen LogP contribution in [0.4, 0.5) is 5.69 Å². The standard InChI is InChI=1S/C23H25N3O2S/c1-16-7-8-18(14-25-9-11-29-12-10-25)13-21(16)24-22(27)15-26-17(2)19-5-3-4-6-20(19)23(26)28/h3-8,13H,2,9-12,14-15H2,1H3,(H,24,27). The minimum atomic E-state index is -0.220. The monoisotopic (exact) mass is 407 g/mol. The van der Waals surface area contributed by atoms with Crippen molar-refractivity contribution in [1.29, 1.82) is 0 Å². The topological polar surface area (TPSA) is 52.7 Å². The SMILES string of the molecule is C=C1c2ccccc2C(=O)N1CC(=O)Nc1cc(CN2CCSCC2)ccc1C. The Labute approximate surface area is 175 Å². The van der Waals surface area contributed by atoms with E-state index in [9.17, 15) is 9.59 Å². The van der Waals surface area contributed by atoms with Crippen molar-refractivity contribution in [2.24, 2.45) is 0 Å². The van der Waals surface area contributed by atoms with Gasteiger partial charge in [0.25, 0.3) is 5.91 Å². The average Bonchev–Trinajstić information content (AvgIpc) is 2.96. The predicted octanol–water partition coefficient (Wildman–Crippen LogP) is 3.61. The number of carbonyl (C=O) groups excluding carboxylic acids is 2. The van der Waals surface area contributed by atoms with Gasteiger partial charge in [-0.05, 0) is 30.2 Å². The van der Waals surface area contributed by atoms with Crippen LogP contribution in [0, 0.1) is 6.92 Å². The summed E-state index contributed by atoms with van der Waals surface area (Å²) >= 11 is 2.00. The van der Waals surface area contributed by atoms with E-state index >= 15 is 0 Å². The summed E-state index contributed by atoms with van der Waals surface area (Å²) < 4.78 is 0. The summed E-state index contributed by atoms with van der Waals surface area (Å²) in [7, 11) is 0. The molecule has 1 N–H and O–H groups in total. The lowest BCUT2D eigenvalue weighted by Crippen LogP contribution is -2.33. The lowest BCUT2D eigenvalue weighted by atomic mass is 10.1. The summed E-state index contributed by atoms with van der Waals surface area (Å²) in [5, 5.41) is 2.99. The maximum absolute atomic E-state index is 12.7. The molecule has 0 aromatic heterocycles. The number of nitrogens with one attached hydrogen (secondary N) is 1. The van der Waals surface area contributed by atoms with Crippen LogP contribution in [-0.2, 0) is 11.3 Å². The normalized spacial score (nSPS) is 16.8. The van der Waals surface area contributed by atoms with Gasteiger partial charge < -0.3 is 5.32 Å². The maximum Gasteiger partial charge on any atom is 0.259 e. The molecule has 0 unspecified atom stereocenters. The Morgan fingerprint density at radius 3 is 2.59 bits per heavy atom. The highest BCUT2D eigenvalue weighted by molar-refractivity contribution is 7.99. The number of benzene rings is 2. The molecular weight excluding hydrogens is 382 g/mol. The fourth-order valence-electron chi connectivity index (χ4n) is 3.75. The Balaban J connectivity index is 1.43. The molecule has 0 saturated carbocycles. The Morgan fingerprint density at radius 2 is 1.86 bits per heavy atom. The van der Waals surface area contributed by atoms with E-state index in [1.54, 1.807) is 6.07 Å². The van der Waals surface area contributed by atoms with Gasteiger partial charge in [-0.3, -0.25) is 19.4 Å². The zero-order valence-corrected chi connectivity index (χ0v) is 17.4. The molecule has 0 atom stereocenters. The number of fused-ring (bicyclic) bond motifs is 1. The summed E-state index contributed by atoms with van der Waals surface area (Å²) in [5.41, 5.74) is 4.97. The van der Waals surface area contributed by atoms with Gasteiger partial charge >= 0.3 is 0 Å². The molecule has 4 rings (SSSR count). The van der Waals surface area contributed by atoms with Gasteiger partial charge in [0.2, 0.25) is 5.91 Å². The van der Waals surface area contributed by atoms with Crippen LogP contribution in [0.1, 0.15) is 27.0 Å². The molecule has 150 valence electrons. The van der Waals surface area contributed by atoms with E-state index in [1.807, 2.05) is 49.0 Å². The lowest BCUT2D eigenvalue weighted by Gasteiger charge is -2.26. The Morgan fingerprint density at radius 1 is 1.14 bits per heavy atom. The van der Waals surface area contributed by atoms with E-state index in [-0.39, 0.29) is 18.4 Å². The fraction of sp³-hybridized carbons (Fsp3) is 0.304. The zero-order chi connectivity index (χ0) is 20.4. The van der Waals surface area contributed by atoms with Crippen LogP contribution in [-0.4, -0.2) is 52.8 Å². The third kappa shape index (κ3) is 4.23. The third-order valence-electron chi connectivity index (χ3n) is 5.43. The number of thioether (sulfide) groups is 1. The van der Waals surface area contributed by atoms with Crippen LogP contribution < -0.4 is 5.32 Å². The van der Waals surface area contributed by atoms with Crippen LogP contribution in [0.2, 0.25) is 0 Å². The first-order valence-corrected chi connectivity index (χ1v) is 11.0. The van der Waals surface area contributed by atoms with Crippen molar-refractivity contribution >= 4 is 35.0 Å². The van der Waals surface area contributed by atoms with Crippen molar-refractivity contribution in [2.75, 3.05) is 36.5 Å². The second kappa shape index (κ2) is 8.43. The minimum Gasteiger partial charge on any atom is -0.324 e. The van der Waals surface area contributed by atoms with Gasteiger partial charge in [-0.25, -0.2) is 0 Å². The Hall–Kier alpha value is -2.57. The van der Waals surface area contributed by atoms with E-state index < -0.39 is 0 Å². The second-order valence-corrected chi connectivity index (χ2v) is 8.69. The molecule has 2 aromatic carbocycles. The van der Waals surface area contributed by atoms with Crippen LogP contribution in [0.3, 0.4) is 0 Å². The molecule has 29 heavy (non-hydrogen) atoms. The largest absolute Gasteiger partial charge is 0.324 e. The molecule has 0 aliphatic carbocycles. The number of nitrogens with zero attached hydrogens (tertiary/aromatic N) is 2. The van der Waals surface area contributed by atoms with Gasteiger partial charge in [-0.1, -0.05) is 36.9 Å². The lowest BCUT2D eigenvalue weighted by molar-refractivity contribution is -0.116. The minimum absolute atomic E-state index is 0.0423. The molecule has 0 spiro atoms. The molecule has 0 radical (unpaired) electrons. The van der Waals surface area contributed by atoms with Gasteiger partial charge in [-0.15, -0.1) is 0 Å². The van der Waals surface area contributed by atoms with E-state index in [4.69, 9.17) is 0 Å². The number of rotatable bonds is 5. The Bertz CT molecular complexity index is 931. The van der Waals surface area contributed by atoms with Crippen molar-refractivity contribution in [2.45, 2.75) is 13.5 Å². The first-order valence-electron chi connectivity index (χ1n) is 9.82. The van der Waals surface area contributed by atoms with Gasteiger partial charge in [-0.2, -0.15) is 11.8 Å². The molecule has 2 aliphatic heterocycles. The van der Waals surface area contributed by atoms with E-state index in [1.165, 1.54) is 22.0 Å². The quantitative estimate of drug-likeness (QED) is 0.823. The van der Waals surface area contributed by atoms with Crippen LogP contribution in [0.5, 0.6) is 0 Å². The smallest absolute Gasteiger partial charge is 0.259 e. The molecule has 6 heteroatoms. The molecule has 1 saturated heterocycles. The molecule has 0 bridgehead atoms. The Kier molecular flexibility index (Phi) is 5.74. The van der Waals surface area contributed by atoms with Gasteiger partial charge in [0, 0.05) is 53.7 Å². The van der Waals surface area contributed by atoms with Crippen molar-refractivity contribution in [3.8, 4) is 0 Å². The van der Waals surface area contributed by atoms with Gasteiger partial charge in [0.15, 0.2) is 0 Å². The fourth-order valence-corrected chi connectivity index (χ4v) is 4.73. The molecular formula is C23H25N3O2S. The zero-order valence-electron chi connectivity index (χ0n) is 16.6. The molecule has 1 fully saturated rings. The summed E-state index contributed by atoms with van der Waals surface area (Å²) in [6, 6.07) is 13.5. The van der Waals surface area contributed by atoms with E-state index in [2.05, 4.69) is 22.9 Å². The summed E-state index contributed by atoms with van der Waals surface area (Å²) in [5.74, 6) is 1.95. The first-order chi connectivity index (χ1) is 14.0. The number of hydrogen-bond donors (Lipinski definition) is 1. The van der Waals surface area contributed by atoms with Crippen molar-refractivity contribution < 1.29 is 9.59 Å². The van der Waals surface area contributed by atoms with Gasteiger partial charge in [0.1, 0.15) is 6.54 Å². The van der Waals surface area contributed by atoms with Crippen LogP contribution >= 0.6 is 11.8 Å². The highest BCUT2D eigenvalue weighted by Gasteiger charge is 2.31. The van der Waals surface area contributed by atoms with E-state index in [0.717, 1.165) is 36.4 Å². The number of hydrogen-bond acceptors (Lipinski definition) is 4. The van der Waals surface area contributed by atoms with Gasteiger partial charge in [0.05, 0.1) is 0 Å². The van der Waals surface area contributed by atoms with Crippen LogP contribution in [0.15, 0.2) is 49.0 Å². The number of amides is 2. The third-order valence-corrected chi connectivity index (χ3v) is 6.37. The van der Waals surface area contributed by atoms with Crippen molar-refractivity contribution in [1.82, 2.24) is 9.80 Å².